The number of amides is 1. The Morgan fingerprint density at radius 1 is 1.29 bits per heavy atom. The number of likely N-dealkylation sites (N-methyl/N-ethyl adjacent to an activating group) is 1. The van der Waals surface area contributed by atoms with Crippen molar-refractivity contribution in [1.82, 2.24) is 4.90 Å². The van der Waals surface area contributed by atoms with Crippen LogP contribution in [0.4, 0.5) is 0 Å². The van der Waals surface area contributed by atoms with Crippen LogP contribution in [0.2, 0.25) is 0 Å². The van der Waals surface area contributed by atoms with Crippen LogP contribution in [0.3, 0.4) is 0 Å². The molecule has 0 radical (unpaired) electrons. The largest absolute Gasteiger partial charge is 0.387 e. The van der Waals surface area contributed by atoms with E-state index in [2.05, 4.69) is 0 Å². The molecule has 0 aliphatic rings. The Morgan fingerprint density at radius 2 is 1.81 bits per heavy atom. The Kier molecular flexibility index (Phi) is 5.93. The highest BCUT2D eigenvalue weighted by atomic mass is 16.3. The van der Waals surface area contributed by atoms with Gasteiger partial charge in [-0.05, 0) is 24.8 Å². The highest BCUT2D eigenvalue weighted by molar-refractivity contribution is 5.82. The lowest BCUT2D eigenvalue weighted by Gasteiger charge is -2.32. The zero-order valence-corrected chi connectivity index (χ0v) is 13.8. The van der Waals surface area contributed by atoms with E-state index < -0.39 is 12.1 Å². The van der Waals surface area contributed by atoms with Crippen LogP contribution in [0, 0.1) is 12.3 Å². The van der Waals surface area contributed by atoms with Crippen molar-refractivity contribution in [3.05, 3.63) is 35.4 Å². The minimum absolute atomic E-state index is 0.115. The third-order valence-corrected chi connectivity index (χ3v) is 3.75. The second kappa shape index (κ2) is 7.05. The molecule has 4 heteroatoms. The highest BCUT2D eigenvalue weighted by Crippen LogP contribution is 2.21. The quantitative estimate of drug-likeness (QED) is 0.874. The molecule has 1 unspecified atom stereocenters. The summed E-state index contributed by atoms with van der Waals surface area (Å²) >= 11 is 0. The molecule has 1 rings (SSSR count). The van der Waals surface area contributed by atoms with E-state index in [-0.39, 0.29) is 17.9 Å². The molecule has 0 aromatic heterocycles. The SMILES string of the molecule is CCN(CC(O)c1ccc(C)cc1)C(=O)[C@@H](N)C(C)(C)C. The van der Waals surface area contributed by atoms with Gasteiger partial charge in [-0.25, -0.2) is 0 Å². The Bertz CT molecular complexity index is 463. The predicted molar refractivity (Wildman–Crippen MR) is 85.8 cm³/mol. The van der Waals surface area contributed by atoms with Crippen LogP contribution in [0.15, 0.2) is 24.3 Å². The molecular weight excluding hydrogens is 264 g/mol. The number of nitrogens with zero attached hydrogens (tertiary/aromatic N) is 1. The highest BCUT2D eigenvalue weighted by Gasteiger charge is 2.31. The smallest absolute Gasteiger partial charge is 0.240 e. The number of carbonyl (C=O) groups is 1. The van der Waals surface area contributed by atoms with Gasteiger partial charge in [0.25, 0.3) is 0 Å². The minimum atomic E-state index is -0.693. The van der Waals surface area contributed by atoms with Gasteiger partial charge < -0.3 is 15.7 Å². The molecule has 4 nitrogen and oxygen atoms in total. The van der Waals surface area contributed by atoms with Crippen molar-refractivity contribution in [2.45, 2.75) is 46.8 Å². The number of nitrogens with two attached hydrogens (primary N) is 1. The van der Waals surface area contributed by atoms with Gasteiger partial charge in [0.15, 0.2) is 0 Å². The van der Waals surface area contributed by atoms with Crippen LogP contribution in [-0.4, -0.2) is 35.0 Å². The number of hydrogen-bond donors (Lipinski definition) is 2. The van der Waals surface area contributed by atoms with Crippen molar-refractivity contribution in [3.63, 3.8) is 0 Å². The summed E-state index contributed by atoms with van der Waals surface area (Å²) in [6.45, 7) is 10.5. The third kappa shape index (κ3) is 4.83. The number of rotatable bonds is 5. The lowest BCUT2D eigenvalue weighted by molar-refractivity contribution is -0.136. The van der Waals surface area contributed by atoms with Gasteiger partial charge in [-0.1, -0.05) is 50.6 Å². The summed E-state index contributed by atoms with van der Waals surface area (Å²) in [5.41, 5.74) is 7.70. The Morgan fingerprint density at radius 3 is 2.24 bits per heavy atom. The number of aryl methyl sites for hydroxylation is 1. The maximum absolute atomic E-state index is 12.4. The second-order valence-electron chi connectivity index (χ2n) is 6.65. The van der Waals surface area contributed by atoms with Gasteiger partial charge in [-0.2, -0.15) is 0 Å². The van der Waals surface area contributed by atoms with Gasteiger partial charge in [0, 0.05) is 6.54 Å². The number of aliphatic hydroxyl groups is 1. The summed E-state index contributed by atoms with van der Waals surface area (Å²) in [5.74, 6) is -0.115. The maximum Gasteiger partial charge on any atom is 0.240 e. The first-order chi connectivity index (χ1) is 9.66. The molecule has 21 heavy (non-hydrogen) atoms. The van der Waals surface area contributed by atoms with E-state index in [1.807, 2.05) is 58.9 Å². The van der Waals surface area contributed by atoms with Crippen molar-refractivity contribution in [1.29, 1.82) is 0 Å². The van der Waals surface area contributed by atoms with Crippen LogP contribution < -0.4 is 5.73 Å². The van der Waals surface area contributed by atoms with E-state index >= 15 is 0 Å². The molecule has 0 spiro atoms. The molecule has 118 valence electrons. The molecule has 0 aliphatic heterocycles. The summed E-state index contributed by atoms with van der Waals surface area (Å²) in [7, 11) is 0. The molecule has 0 fully saturated rings. The molecule has 1 aromatic rings. The Balaban J connectivity index is 2.77. The van der Waals surface area contributed by atoms with Crippen molar-refractivity contribution in [2.75, 3.05) is 13.1 Å². The molecule has 1 aromatic carbocycles. The van der Waals surface area contributed by atoms with Gasteiger partial charge in [-0.3, -0.25) is 4.79 Å². The van der Waals surface area contributed by atoms with Crippen LogP contribution in [0.5, 0.6) is 0 Å². The Hall–Kier alpha value is -1.39. The fraction of sp³-hybridized carbons (Fsp3) is 0.588. The molecule has 3 N–H and O–H groups in total. The molecule has 0 bridgehead atoms. The van der Waals surface area contributed by atoms with E-state index in [0.29, 0.717) is 6.54 Å². The standard InChI is InChI=1S/C17H28N2O2/c1-6-19(16(21)15(18)17(3,4)5)11-14(20)13-9-7-12(2)8-10-13/h7-10,14-15,20H,6,11,18H2,1-5H3/t14?,15-/m1/s1. The molecule has 1 amide bonds. The third-order valence-electron chi connectivity index (χ3n) is 3.75. The van der Waals surface area contributed by atoms with Crippen LogP contribution in [-0.2, 0) is 4.79 Å². The van der Waals surface area contributed by atoms with Gasteiger partial charge >= 0.3 is 0 Å². The molecule has 0 saturated carbocycles. The van der Waals surface area contributed by atoms with E-state index in [1.165, 1.54) is 0 Å². The lowest BCUT2D eigenvalue weighted by atomic mass is 9.86. The minimum Gasteiger partial charge on any atom is -0.387 e. The first-order valence-corrected chi connectivity index (χ1v) is 7.45. The molecule has 0 heterocycles. The first kappa shape index (κ1) is 17.7. The molecule has 0 saturated heterocycles. The summed E-state index contributed by atoms with van der Waals surface area (Å²) in [5, 5.41) is 10.3. The lowest BCUT2D eigenvalue weighted by Crippen LogP contribution is -2.51. The summed E-state index contributed by atoms with van der Waals surface area (Å²) < 4.78 is 0. The number of aliphatic hydroxyl groups excluding tert-OH is 1. The summed E-state index contributed by atoms with van der Waals surface area (Å²) in [6.07, 6.45) is -0.693. The van der Waals surface area contributed by atoms with Gasteiger partial charge in [0.1, 0.15) is 0 Å². The van der Waals surface area contributed by atoms with E-state index in [4.69, 9.17) is 5.73 Å². The zero-order valence-electron chi connectivity index (χ0n) is 13.8. The van der Waals surface area contributed by atoms with Crippen LogP contribution in [0.25, 0.3) is 0 Å². The van der Waals surface area contributed by atoms with E-state index in [0.717, 1.165) is 11.1 Å². The number of carbonyl (C=O) groups excluding carboxylic acids is 1. The summed E-state index contributed by atoms with van der Waals surface area (Å²) in [6, 6.07) is 7.13. The van der Waals surface area contributed by atoms with Gasteiger partial charge in [0.2, 0.25) is 5.91 Å². The maximum atomic E-state index is 12.4. The van der Waals surface area contributed by atoms with Crippen molar-refractivity contribution in [2.24, 2.45) is 11.1 Å². The van der Waals surface area contributed by atoms with Gasteiger partial charge in [0.05, 0.1) is 18.7 Å². The van der Waals surface area contributed by atoms with Crippen LogP contribution >= 0.6 is 0 Å². The van der Waals surface area contributed by atoms with Crippen molar-refractivity contribution >= 4 is 5.91 Å². The zero-order chi connectivity index (χ0) is 16.2. The topological polar surface area (TPSA) is 66.6 Å². The molecular formula is C17H28N2O2. The molecule has 0 aliphatic carbocycles. The normalized spacial score (nSPS) is 14.6. The fourth-order valence-electron chi connectivity index (χ4n) is 2.04. The monoisotopic (exact) mass is 292 g/mol. The van der Waals surface area contributed by atoms with E-state index in [1.54, 1.807) is 4.90 Å². The Labute approximate surface area is 128 Å². The molecule has 2 atom stereocenters. The van der Waals surface area contributed by atoms with E-state index in [9.17, 15) is 9.90 Å². The average molecular weight is 292 g/mol. The number of benzene rings is 1. The fourth-order valence-corrected chi connectivity index (χ4v) is 2.04. The summed E-state index contributed by atoms with van der Waals surface area (Å²) in [4.78, 5) is 14.1. The predicted octanol–water partition coefficient (Wildman–Crippen LogP) is 2.25. The first-order valence-electron chi connectivity index (χ1n) is 7.45. The van der Waals surface area contributed by atoms with Crippen molar-refractivity contribution < 1.29 is 9.90 Å². The van der Waals surface area contributed by atoms with Crippen LogP contribution in [0.1, 0.15) is 44.9 Å². The average Bonchev–Trinajstić information content (AvgIpc) is 2.42. The van der Waals surface area contributed by atoms with Crippen molar-refractivity contribution in [3.8, 4) is 0 Å². The number of hydrogen-bond acceptors (Lipinski definition) is 3. The van der Waals surface area contributed by atoms with Gasteiger partial charge in [-0.15, -0.1) is 0 Å². The second-order valence-corrected chi connectivity index (χ2v) is 6.65.